The van der Waals surface area contributed by atoms with Gasteiger partial charge in [-0.05, 0) is 49.7 Å². The molecule has 1 saturated carbocycles. The fourth-order valence-corrected chi connectivity index (χ4v) is 3.27. The fourth-order valence-electron chi connectivity index (χ4n) is 3.27. The Bertz CT molecular complexity index is 460. The highest BCUT2D eigenvalue weighted by Gasteiger charge is 2.26. The molecule has 1 aliphatic carbocycles. The van der Waals surface area contributed by atoms with Gasteiger partial charge in [0.15, 0.2) is 0 Å². The summed E-state index contributed by atoms with van der Waals surface area (Å²) in [4.78, 5) is 0. The molecule has 20 heavy (non-hydrogen) atoms. The molecule has 2 unspecified atom stereocenters. The van der Waals surface area contributed by atoms with E-state index in [4.69, 9.17) is 9.94 Å². The summed E-state index contributed by atoms with van der Waals surface area (Å²) in [5.41, 5.74) is 1.58. The van der Waals surface area contributed by atoms with E-state index in [0.29, 0.717) is 24.0 Å². The lowest BCUT2D eigenvalue weighted by molar-refractivity contribution is 0.101. The molecule has 0 spiro atoms. The summed E-state index contributed by atoms with van der Waals surface area (Å²) in [6.45, 7) is 6.58. The molecule has 2 rings (SSSR count). The molecule has 1 aromatic rings. The van der Waals surface area contributed by atoms with Crippen LogP contribution in [0.2, 0.25) is 0 Å². The van der Waals surface area contributed by atoms with E-state index in [9.17, 15) is 0 Å². The van der Waals surface area contributed by atoms with Crippen molar-refractivity contribution < 1.29 is 9.94 Å². The van der Waals surface area contributed by atoms with Crippen LogP contribution >= 0.6 is 0 Å². The predicted octanol–water partition coefficient (Wildman–Crippen LogP) is 4.48. The lowest BCUT2D eigenvalue weighted by Crippen LogP contribution is -2.29. The van der Waals surface area contributed by atoms with Crippen molar-refractivity contribution in [2.45, 2.75) is 52.6 Å². The predicted molar refractivity (Wildman–Crippen MR) is 81.7 cm³/mol. The van der Waals surface area contributed by atoms with Gasteiger partial charge in [0, 0.05) is 5.56 Å². The lowest BCUT2D eigenvalue weighted by atomic mass is 9.82. The van der Waals surface area contributed by atoms with Gasteiger partial charge in [-0.15, -0.1) is 0 Å². The molecule has 3 heteroatoms. The van der Waals surface area contributed by atoms with Crippen LogP contribution in [-0.2, 0) is 0 Å². The second-order valence-corrected chi connectivity index (χ2v) is 6.05. The zero-order chi connectivity index (χ0) is 14.5. The molecule has 1 aromatic carbocycles. The Morgan fingerprint density at radius 2 is 1.85 bits per heavy atom. The Balaban J connectivity index is 2.17. The highest BCUT2D eigenvalue weighted by atomic mass is 16.5. The van der Waals surface area contributed by atoms with Crippen molar-refractivity contribution in [3.63, 3.8) is 0 Å². The van der Waals surface area contributed by atoms with Crippen molar-refractivity contribution in [2.75, 3.05) is 0 Å². The van der Waals surface area contributed by atoms with Crippen LogP contribution in [0.3, 0.4) is 0 Å². The third-order valence-electron chi connectivity index (χ3n) is 4.08. The van der Waals surface area contributed by atoms with E-state index in [1.165, 1.54) is 6.42 Å². The third-order valence-corrected chi connectivity index (χ3v) is 4.08. The Morgan fingerprint density at radius 3 is 2.45 bits per heavy atom. The summed E-state index contributed by atoms with van der Waals surface area (Å²) in [5.74, 6) is 2.27. The standard InChI is InChI=1S/C17H25NO2/c1-4-16(18-19)15-7-5-6-8-17(15)20-14-10-12(2)9-13(3)11-14/h5-8,12-14,19H,4,9-11H2,1-3H3. The maximum atomic E-state index is 9.13. The van der Waals surface area contributed by atoms with Crippen LogP contribution in [0.1, 0.15) is 52.0 Å². The molecule has 3 nitrogen and oxygen atoms in total. The van der Waals surface area contributed by atoms with Crippen molar-refractivity contribution >= 4 is 5.71 Å². The molecule has 0 aromatic heterocycles. The Kier molecular flexibility index (Phi) is 5.05. The number of nitrogens with zero attached hydrogens (tertiary/aromatic N) is 1. The molecule has 1 aliphatic rings. The van der Waals surface area contributed by atoms with E-state index >= 15 is 0 Å². The molecular formula is C17H25NO2. The van der Waals surface area contributed by atoms with Crippen molar-refractivity contribution in [1.29, 1.82) is 0 Å². The van der Waals surface area contributed by atoms with E-state index < -0.39 is 0 Å². The Labute approximate surface area is 121 Å². The molecule has 0 saturated heterocycles. The van der Waals surface area contributed by atoms with Gasteiger partial charge in [0.2, 0.25) is 0 Å². The van der Waals surface area contributed by atoms with Crippen molar-refractivity contribution in [3.8, 4) is 5.75 Å². The van der Waals surface area contributed by atoms with Crippen LogP contribution in [0.5, 0.6) is 5.75 Å². The minimum Gasteiger partial charge on any atom is -0.490 e. The highest BCUT2D eigenvalue weighted by Crippen LogP contribution is 2.32. The molecule has 0 heterocycles. The zero-order valence-electron chi connectivity index (χ0n) is 12.7. The summed E-state index contributed by atoms with van der Waals surface area (Å²) >= 11 is 0. The van der Waals surface area contributed by atoms with E-state index in [1.807, 2.05) is 31.2 Å². The smallest absolute Gasteiger partial charge is 0.128 e. The zero-order valence-corrected chi connectivity index (χ0v) is 12.7. The molecule has 0 radical (unpaired) electrons. The van der Waals surface area contributed by atoms with Crippen LogP contribution in [0.25, 0.3) is 0 Å². The maximum Gasteiger partial charge on any atom is 0.128 e. The number of ether oxygens (including phenoxy) is 1. The molecule has 1 N–H and O–H groups in total. The van der Waals surface area contributed by atoms with Gasteiger partial charge in [-0.1, -0.05) is 38.1 Å². The molecule has 0 bridgehead atoms. The van der Waals surface area contributed by atoms with Gasteiger partial charge in [0.1, 0.15) is 5.75 Å². The number of hydrogen-bond donors (Lipinski definition) is 1. The van der Waals surface area contributed by atoms with Gasteiger partial charge in [-0.25, -0.2) is 0 Å². The van der Waals surface area contributed by atoms with Crippen molar-refractivity contribution in [2.24, 2.45) is 17.0 Å². The number of hydrogen-bond acceptors (Lipinski definition) is 3. The van der Waals surface area contributed by atoms with Gasteiger partial charge in [0.05, 0.1) is 11.8 Å². The van der Waals surface area contributed by atoms with Crippen LogP contribution in [0, 0.1) is 11.8 Å². The normalized spacial score (nSPS) is 27.4. The van der Waals surface area contributed by atoms with Gasteiger partial charge in [-0.3, -0.25) is 0 Å². The number of para-hydroxylation sites is 1. The van der Waals surface area contributed by atoms with Crippen LogP contribution < -0.4 is 4.74 Å². The van der Waals surface area contributed by atoms with Crippen LogP contribution in [0.15, 0.2) is 29.4 Å². The fraction of sp³-hybridized carbons (Fsp3) is 0.588. The summed E-state index contributed by atoms with van der Waals surface area (Å²) < 4.78 is 6.22. The molecule has 0 aliphatic heterocycles. The van der Waals surface area contributed by atoms with Gasteiger partial charge in [0.25, 0.3) is 0 Å². The second kappa shape index (κ2) is 6.78. The quantitative estimate of drug-likeness (QED) is 0.500. The summed E-state index contributed by atoms with van der Waals surface area (Å²) in [5, 5.41) is 12.5. The first-order valence-corrected chi connectivity index (χ1v) is 7.61. The van der Waals surface area contributed by atoms with Crippen LogP contribution in [-0.4, -0.2) is 17.0 Å². The topological polar surface area (TPSA) is 41.8 Å². The van der Waals surface area contributed by atoms with Crippen molar-refractivity contribution in [1.82, 2.24) is 0 Å². The summed E-state index contributed by atoms with van der Waals surface area (Å²) in [6.07, 6.45) is 4.47. The molecule has 110 valence electrons. The first kappa shape index (κ1) is 14.9. The number of benzene rings is 1. The first-order valence-electron chi connectivity index (χ1n) is 7.61. The van der Waals surface area contributed by atoms with Gasteiger partial charge in [-0.2, -0.15) is 0 Å². The Hall–Kier alpha value is -1.51. The van der Waals surface area contributed by atoms with Gasteiger partial charge >= 0.3 is 0 Å². The Morgan fingerprint density at radius 1 is 1.20 bits per heavy atom. The first-order chi connectivity index (χ1) is 9.63. The molecule has 2 atom stereocenters. The van der Waals surface area contributed by atoms with Gasteiger partial charge < -0.3 is 9.94 Å². The minimum absolute atomic E-state index is 0.270. The van der Waals surface area contributed by atoms with E-state index in [-0.39, 0.29) is 6.10 Å². The van der Waals surface area contributed by atoms with Crippen molar-refractivity contribution in [3.05, 3.63) is 29.8 Å². The second-order valence-electron chi connectivity index (χ2n) is 6.05. The largest absolute Gasteiger partial charge is 0.490 e. The third kappa shape index (κ3) is 3.53. The SMILES string of the molecule is CCC(=NO)c1ccccc1OC1CC(C)CC(C)C1. The van der Waals surface area contributed by atoms with E-state index in [1.54, 1.807) is 0 Å². The molecule has 0 amide bonds. The minimum atomic E-state index is 0.270. The average molecular weight is 275 g/mol. The van der Waals surface area contributed by atoms with E-state index in [0.717, 1.165) is 24.2 Å². The highest BCUT2D eigenvalue weighted by molar-refractivity contribution is 6.02. The molecule has 1 fully saturated rings. The number of rotatable bonds is 4. The van der Waals surface area contributed by atoms with Crippen LogP contribution in [0.4, 0.5) is 0 Å². The average Bonchev–Trinajstić information content (AvgIpc) is 2.41. The number of oxime groups is 1. The molecular weight excluding hydrogens is 250 g/mol. The summed E-state index contributed by atoms with van der Waals surface area (Å²) in [6, 6.07) is 7.86. The van der Waals surface area contributed by atoms with E-state index in [2.05, 4.69) is 19.0 Å². The monoisotopic (exact) mass is 275 g/mol. The lowest BCUT2D eigenvalue weighted by Gasteiger charge is -2.32. The maximum absolute atomic E-state index is 9.13. The summed E-state index contributed by atoms with van der Waals surface area (Å²) in [7, 11) is 0.